The molecule has 2 aromatic rings. The van der Waals surface area contributed by atoms with Gasteiger partial charge in [-0.25, -0.2) is 0 Å². The minimum absolute atomic E-state index is 0.0359. The van der Waals surface area contributed by atoms with E-state index in [-0.39, 0.29) is 5.91 Å². The predicted molar refractivity (Wildman–Crippen MR) is 96.1 cm³/mol. The highest BCUT2D eigenvalue weighted by Gasteiger charge is 2.17. The Morgan fingerprint density at radius 3 is 2.70 bits per heavy atom. The van der Waals surface area contributed by atoms with E-state index in [9.17, 15) is 4.79 Å². The van der Waals surface area contributed by atoms with Gasteiger partial charge in [0.1, 0.15) is 0 Å². The summed E-state index contributed by atoms with van der Waals surface area (Å²) in [4.78, 5) is 12.6. The van der Waals surface area contributed by atoms with Crippen molar-refractivity contribution in [3.63, 3.8) is 0 Å². The Labute approximate surface area is 143 Å². The first-order valence-corrected chi connectivity index (χ1v) is 9.13. The number of carbonyl (C=O) groups is 1. The van der Waals surface area contributed by atoms with Crippen molar-refractivity contribution >= 4 is 28.4 Å². The van der Waals surface area contributed by atoms with Gasteiger partial charge in [0.2, 0.25) is 0 Å². The average Bonchev–Trinajstić information content (AvgIpc) is 2.72. The number of amides is 1. The lowest BCUT2D eigenvalue weighted by Gasteiger charge is -2.14. The van der Waals surface area contributed by atoms with Gasteiger partial charge in [0.15, 0.2) is 0 Å². The summed E-state index contributed by atoms with van der Waals surface area (Å²) in [5.41, 5.74) is 1.78. The summed E-state index contributed by atoms with van der Waals surface area (Å²) < 4.78 is 2.09. The highest BCUT2D eigenvalue weighted by atomic mass is 35.5. The normalized spacial score (nSPS) is 16.4. The van der Waals surface area contributed by atoms with Gasteiger partial charge in [-0.1, -0.05) is 43.4 Å². The molecule has 1 aromatic heterocycles. The smallest absolute Gasteiger partial charge is 0.253 e. The molecule has 1 aromatic carbocycles. The van der Waals surface area contributed by atoms with E-state index in [0.717, 1.165) is 29.6 Å². The van der Waals surface area contributed by atoms with Crippen molar-refractivity contribution in [2.24, 2.45) is 5.92 Å². The first-order valence-electron chi connectivity index (χ1n) is 8.75. The number of hydrogen-bond acceptors (Lipinski definition) is 1. The number of fused-ring (bicyclic) bond motifs is 1. The fourth-order valence-electron chi connectivity index (χ4n) is 3.61. The van der Waals surface area contributed by atoms with E-state index in [1.54, 1.807) is 0 Å². The number of carbonyl (C=O) groups excluding carboxylic acids is 1. The summed E-state index contributed by atoms with van der Waals surface area (Å²) in [6.07, 6.45) is 9.72. The number of nitrogens with zero attached hydrogens (tertiary/aromatic N) is 1. The molecule has 3 rings (SSSR count). The number of benzene rings is 1. The Morgan fingerprint density at radius 1 is 1.26 bits per heavy atom. The zero-order valence-electron chi connectivity index (χ0n) is 13.8. The highest BCUT2D eigenvalue weighted by Crippen LogP contribution is 2.26. The zero-order chi connectivity index (χ0) is 16.2. The summed E-state index contributed by atoms with van der Waals surface area (Å²) in [5.74, 6) is 0.671. The highest BCUT2D eigenvalue weighted by molar-refractivity contribution is 6.31. The van der Waals surface area contributed by atoms with Crippen molar-refractivity contribution in [1.82, 2.24) is 9.88 Å². The molecule has 1 aliphatic carbocycles. The van der Waals surface area contributed by atoms with Crippen LogP contribution in [-0.2, 0) is 6.54 Å². The fraction of sp³-hybridized carbons (Fsp3) is 0.526. The maximum absolute atomic E-state index is 12.6. The van der Waals surface area contributed by atoms with Crippen LogP contribution in [-0.4, -0.2) is 17.0 Å². The van der Waals surface area contributed by atoms with E-state index in [4.69, 9.17) is 11.6 Å². The van der Waals surface area contributed by atoms with E-state index >= 15 is 0 Å². The molecule has 0 radical (unpaired) electrons. The van der Waals surface area contributed by atoms with Gasteiger partial charge in [0.05, 0.1) is 11.1 Å². The lowest BCUT2D eigenvalue weighted by Crippen LogP contribution is -2.29. The quantitative estimate of drug-likeness (QED) is 0.784. The lowest BCUT2D eigenvalue weighted by molar-refractivity contribution is 0.0947. The van der Waals surface area contributed by atoms with Gasteiger partial charge in [-0.05, 0) is 37.8 Å². The molecule has 3 nitrogen and oxygen atoms in total. The first kappa shape index (κ1) is 16.4. The van der Waals surface area contributed by atoms with Crippen LogP contribution in [0.3, 0.4) is 0 Å². The molecule has 124 valence electrons. The summed E-state index contributed by atoms with van der Waals surface area (Å²) in [6.45, 7) is 3.70. The van der Waals surface area contributed by atoms with Crippen LogP contribution in [0.2, 0.25) is 5.02 Å². The van der Waals surface area contributed by atoms with Crippen LogP contribution in [0.1, 0.15) is 55.8 Å². The van der Waals surface area contributed by atoms with Crippen molar-refractivity contribution in [3.8, 4) is 0 Å². The Hall–Kier alpha value is -1.48. The van der Waals surface area contributed by atoms with Crippen LogP contribution in [0.15, 0.2) is 24.4 Å². The molecule has 0 saturated heterocycles. The maximum atomic E-state index is 12.6. The maximum Gasteiger partial charge on any atom is 0.253 e. The average molecular weight is 333 g/mol. The number of halogens is 1. The third-order valence-corrected chi connectivity index (χ3v) is 5.19. The minimum Gasteiger partial charge on any atom is -0.352 e. The van der Waals surface area contributed by atoms with E-state index < -0.39 is 0 Å². The van der Waals surface area contributed by atoms with Gasteiger partial charge >= 0.3 is 0 Å². The molecular weight excluding hydrogens is 308 g/mol. The van der Waals surface area contributed by atoms with Crippen LogP contribution in [0, 0.1) is 5.92 Å². The fourth-order valence-corrected chi connectivity index (χ4v) is 3.77. The summed E-state index contributed by atoms with van der Waals surface area (Å²) >= 11 is 6.10. The molecule has 1 amide bonds. The second-order valence-electron chi connectivity index (χ2n) is 6.56. The molecule has 1 N–H and O–H groups in total. The van der Waals surface area contributed by atoms with Gasteiger partial charge in [0.25, 0.3) is 5.91 Å². The van der Waals surface area contributed by atoms with Crippen molar-refractivity contribution < 1.29 is 4.79 Å². The van der Waals surface area contributed by atoms with Gasteiger partial charge in [-0.2, -0.15) is 0 Å². The Bertz CT molecular complexity index is 684. The predicted octanol–water partition coefficient (Wildman–Crippen LogP) is 5.01. The van der Waals surface area contributed by atoms with E-state index in [1.165, 1.54) is 38.5 Å². The molecule has 0 aliphatic heterocycles. The Kier molecular flexibility index (Phi) is 5.27. The van der Waals surface area contributed by atoms with Crippen molar-refractivity contribution in [1.29, 1.82) is 0 Å². The molecule has 4 heteroatoms. The molecule has 0 bridgehead atoms. The molecule has 1 saturated carbocycles. The van der Waals surface area contributed by atoms with Crippen molar-refractivity contribution in [3.05, 3.63) is 35.0 Å². The Morgan fingerprint density at radius 2 is 2.00 bits per heavy atom. The molecule has 1 aliphatic rings. The molecule has 0 spiro atoms. The second kappa shape index (κ2) is 7.39. The van der Waals surface area contributed by atoms with Crippen molar-refractivity contribution in [2.75, 3.05) is 6.54 Å². The number of hydrogen-bond donors (Lipinski definition) is 1. The van der Waals surface area contributed by atoms with Gasteiger partial charge < -0.3 is 9.88 Å². The molecule has 1 fully saturated rings. The van der Waals surface area contributed by atoms with Gasteiger partial charge in [-0.15, -0.1) is 0 Å². The molecule has 0 unspecified atom stereocenters. The van der Waals surface area contributed by atoms with E-state index in [0.29, 0.717) is 10.9 Å². The zero-order valence-corrected chi connectivity index (χ0v) is 14.5. The number of nitrogens with one attached hydrogen (secondary N) is 1. The number of aryl methyl sites for hydroxylation is 1. The minimum atomic E-state index is 0.0359. The van der Waals surface area contributed by atoms with Gasteiger partial charge in [-0.3, -0.25) is 4.79 Å². The largest absolute Gasteiger partial charge is 0.352 e. The van der Waals surface area contributed by atoms with Crippen LogP contribution >= 0.6 is 11.6 Å². The second-order valence-corrected chi connectivity index (χ2v) is 6.99. The summed E-state index contributed by atoms with van der Waals surface area (Å²) in [6, 6.07) is 5.73. The van der Waals surface area contributed by atoms with Crippen LogP contribution < -0.4 is 5.32 Å². The van der Waals surface area contributed by atoms with Crippen LogP contribution in [0.4, 0.5) is 0 Å². The third-order valence-electron chi connectivity index (χ3n) is 4.96. The lowest BCUT2D eigenvalue weighted by atomic mass is 10.0. The van der Waals surface area contributed by atoms with Crippen LogP contribution in [0.5, 0.6) is 0 Å². The third kappa shape index (κ3) is 3.72. The van der Waals surface area contributed by atoms with E-state index in [1.807, 2.05) is 24.4 Å². The molecule has 1 heterocycles. The molecular formula is C19H25ClN2O. The van der Waals surface area contributed by atoms with E-state index in [2.05, 4.69) is 16.8 Å². The number of aromatic nitrogens is 1. The van der Waals surface area contributed by atoms with Crippen molar-refractivity contribution in [2.45, 2.75) is 52.0 Å². The topological polar surface area (TPSA) is 34.0 Å². The monoisotopic (exact) mass is 332 g/mol. The SMILES string of the molecule is CCn1cc(C(=O)NCC2CCCCCC2)c2ccc(Cl)cc21. The molecule has 0 atom stereocenters. The Balaban J connectivity index is 1.75. The van der Waals surface area contributed by atoms with Crippen LogP contribution in [0.25, 0.3) is 10.9 Å². The standard InChI is InChI=1S/C19H25ClN2O/c1-2-22-13-17(16-10-9-15(20)11-18(16)22)19(23)21-12-14-7-5-3-4-6-8-14/h9-11,13-14H,2-8,12H2,1H3,(H,21,23). The molecule has 23 heavy (non-hydrogen) atoms. The summed E-state index contributed by atoms with van der Waals surface area (Å²) in [5, 5.41) is 4.84. The summed E-state index contributed by atoms with van der Waals surface area (Å²) in [7, 11) is 0. The van der Waals surface area contributed by atoms with Gasteiger partial charge in [0, 0.05) is 29.7 Å². The first-order chi connectivity index (χ1) is 11.2. The number of rotatable bonds is 4.